The monoisotopic (exact) mass is 258 g/mol. The fourth-order valence-electron chi connectivity index (χ4n) is 0.869. The van der Waals surface area contributed by atoms with Gasteiger partial charge in [0.15, 0.2) is 0 Å². The summed E-state index contributed by atoms with van der Waals surface area (Å²) >= 11 is 0. The van der Waals surface area contributed by atoms with Crippen LogP contribution in [-0.4, -0.2) is 48.8 Å². The van der Waals surface area contributed by atoms with Crippen molar-refractivity contribution in [1.82, 2.24) is 0 Å². The van der Waals surface area contributed by atoms with E-state index in [0.717, 1.165) is 13.0 Å². The molecule has 0 amide bonds. The highest BCUT2D eigenvalue weighted by atomic mass is 31.2. The topological polar surface area (TPSA) is 76.0 Å². The molecule has 0 rings (SSSR count). The van der Waals surface area contributed by atoms with Gasteiger partial charge in [0.25, 0.3) is 0 Å². The summed E-state index contributed by atoms with van der Waals surface area (Å²) in [5.41, 5.74) is 0. The van der Waals surface area contributed by atoms with Gasteiger partial charge in [-0.25, -0.2) is 9.40 Å². The average Bonchev–Trinajstić information content (AvgIpc) is 2.18. The molecular weight excluding hydrogens is 233 g/mol. The number of rotatable bonds is 7. The first-order chi connectivity index (χ1) is 7.27. The summed E-state index contributed by atoms with van der Waals surface area (Å²) in [7, 11) is 1.14. The van der Waals surface area contributed by atoms with E-state index in [0.29, 0.717) is 11.1 Å². The highest BCUT2D eigenvalue weighted by Crippen LogP contribution is 2.35. The third-order valence-electron chi connectivity index (χ3n) is 1.84. The zero-order valence-electron chi connectivity index (χ0n) is 10.8. The predicted octanol–water partition coefficient (Wildman–Crippen LogP) is 1.54. The lowest BCUT2D eigenvalue weighted by Crippen LogP contribution is -2.39. The third-order valence-corrected chi connectivity index (χ3v) is 2.36. The van der Waals surface area contributed by atoms with Crippen molar-refractivity contribution in [3.63, 3.8) is 0 Å². The van der Waals surface area contributed by atoms with E-state index in [-0.39, 0.29) is 6.61 Å². The van der Waals surface area contributed by atoms with Crippen LogP contribution in [0.5, 0.6) is 0 Å². The van der Waals surface area contributed by atoms with Crippen LogP contribution in [-0.2, 0) is 13.9 Å². The molecular formula is C9H25NO5P+. The van der Waals surface area contributed by atoms with E-state index in [2.05, 4.69) is 4.52 Å². The van der Waals surface area contributed by atoms with Gasteiger partial charge in [-0.05, 0) is 6.42 Å². The molecule has 0 spiro atoms. The summed E-state index contributed by atoms with van der Waals surface area (Å²) in [5, 5.41) is 0. The van der Waals surface area contributed by atoms with Crippen LogP contribution in [0.25, 0.3) is 0 Å². The van der Waals surface area contributed by atoms with Crippen LogP contribution in [0.1, 0.15) is 26.7 Å². The highest BCUT2D eigenvalue weighted by Gasteiger charge is 2.15. The van der Waals surface area contributed by atoms with Crippen LogP contribution in [0, 0.1) is 0 Å². The van der Waals surface area contributed by atoms with Crippen LogP contribution in [0.4, 0.5) is 0 Å². The van der Waals surface area contributed by atoms with Crippen molar-refractivity contribution < 1.29 is 28.4 Å². The molecule has 0 saturated heterocycles. The largest absolute Gasteiger partial charge is 0.469 e. The molecule has 7 heteroatoms. The second kappa shape index (κ2) is 9.10. The fourth-order valence-corrected chi connectivity index (χ4v) is 1.24. The number of phosphoric acid groups is 1. The maximum absolute atomic E-state index is 10.3. The first-order valence-corrected chi connectivity index (χ1v) is 6.89. The van der Waals surface area contributed by atoms with Gasteiger partial charge in [0.2, 0.25) is 0 Å². The van der Waals surface area contributed by atoms with Crippen molar-refractivity contribution >= 4 is 7.82 Å². The van der Waals surface area contributed by atoms with Crippen molar-refractivity contribution in [2.75, 3.05) is 34.4 Å². The summed E-state index contributed by atoms with van der Waals surface area (Å²) in [4.78, 5) is 21.9. The Labute approximate surface area is 98.0 Å². The number of nitrogens with zero attached hydrogens (tertiary/aromatic N) is 1. The van der Waals surface area contributed by atoms with Crippen LogP contribution >= 0.6 is 7.82 Å². The van der Waals surface area contributed by atoms with E-state index < -0.39 is 7.82 Å². The first-order valence-electron chi connectivity index (χ1n) is 5.36. The van der Waals surface area contributed by atoms with E-state index in [1.165, 1.54) is 0 Å². The number of hydroxylamine groups is 3. The smallest absolute Gasteiger partial charge is 0.303 e. The molecule has 0 aliphatic carbocycles. The second-order valence-electron chi connectivity index (χ2n) is 3.51. The minimum atomic E-state index is -4.29. The second-order valence-corrected chi connectivity index (χ2v) is 4.75. The van der Waals surface area contributed by atoms with E-state index in [1.54, 1.807) is 7.11 Å². The molecule has 0 aliphatic heterocycles. The lowest BCUT2D eigenvalue weighted by atomic mass is 10.3. The van der Waals surface area contributed by atoms with E-state index >= 15 is 0 Å². The Kier molecular flexibility index (Phi) is 10.5. The number of hydrogen-bond acceptors (Lipinski definition) is 3. The molecule has 0 bridgehead atoms. The molecule has 100 valence electrons. The third kappa shape index (κ3) is 14.0. The summed E-state index contributed by atoms with van der Waals surface area (Å²) in [6, 6.07) is 0. The number of unbranched alkanes of at least 4 members (excludes halogenated alkanes) is 1. The van der Waals surface area contributed by atoms with Gasteiger partial charge in [-0.3, -0.25) is 4.52 Å². The fraction of sp³-hybridized carbons (Fsp3) is 1.00. The summed E-state index contributed by atoms with van der Waals surface area (Å²) in [5.74, 6) is 0. The molecule has 16 heavy (non-hydrogen) atoms. The zero-order chi connectivity index (χ0) is 13.2. The van der Waals surface area contributed by atoms with Gasteiger partial charge in [0.05, 0.1) is 27.8 Å². The Morgan fingerprint density at radius 2 is 1.69 bits per heavy atom. The molecule has 0 radical (unpaired) electrons. The first kappa shape index (κ1) is 18.4. The molecule has 0 aromatic heterocycles. The molecule has 0 unspecified atom stereocenters. The Balaban J connectivity index is 0. The maximum atomic E-state index is 10.3. The standard InChI is InChI=1S/C7H18NO5P.C2H6/c1-8(2,12-3)6-4-5-7-13-14(9,10)11;1-2/h4-7H2,1-3H3,(H-,9,10,11);1-2H3/p+1. The van der Waals surface area contributed by atoms with Gasteiger partial charge < -0.3 is 9.79 Å². The van der Waals surface area contributed by atoms with Crippen molar-refractivity contribution in [3.8, 4) is 0 Å². The minimum absolute atomic E-state index is 0.0774. The Hall–Kier alpha value is 0.0300. The van der Waals surface area contributed by atoms with Crippen LogP contribution in [0.15, 0.2) is 0 Å². The molecule has 0 aromatic rings. The Morgan fingerprint density at radius 3 is 2.06 bits per heavy atom. The van der Waals surface area contributed by atoms with Crippen molar-refractivity contribution in [3.05, 3.63) is 0 Å². The van der Waals surface area contributed by atoms with Crippen molar-refractivity contribution in [1.29, 1.82) is 0 Å². The van der Waals surface area contributed by atoms with Gasteiger partial charge in [-0.1, -0.05) is 13.8 Å². The number of quaternary nitrogens is 1. The summed E-state index contributed by atoms with van der Waals surface area (Å²) in [6.45, 7) is 4.86. The SMILES string of the molecule is CC.CO[N+](C)(C)CCCCOP(=O)(O)O. The molecule has 0 aromatic carbocycles. The van der Waals surface area contributed by atoms with E-state index in [9.17, 15) is 4.57 Å². The minimum Gasteiger partial charge on any atom is -0.303 e. The quantitative estimate of drug-likeness (QED) is 0.313. The van der Waals surface area contributed by atoms with Crippen LogP contribution < -0.4 is 0 Å². The van der Waals surface area contributed by atoms with Gasteiger partial charge >= 0.3 is 7.82 Å². The van der Waals surface area contributed by atoms with Crippen LogP contribution in [0.3, 0.4) is 0 Å². The summed E-state index contributed by atoms with van der Waals surface area (Å²) in [6.07, 6.45) is 1.40. The maximum Gasteiger partial charge on any atom is 0.469 e. The van der Waals surface area contributed by atoms with Crippen molar-refractivity contribution in [2.45, 2.75) is 26.7 Å². The number of hydrogen-bond donors (Lipinski definition) is 2. The predicted molar refractivity (Wildman–Crippen MR) is 62.6 cm³/mol. The van der Waals surface area contributed by atoms with Crippen LogP contribution in [0.2, 0.25) is 0 Å². The normalized spacial score (nSPS) is 11.9. The highest BCUT2D eigenvalue weighted by molar-refractivity contribution is 7.46. The average molecular weight is 258 g/mol. The Morgan fingerprint density at radius 1 is 1.19 bits per heavy atom. The zero-order valence-corrected chi connectivity index (χ0v) is 11.7. The molecule has 0 aliphatic rings. The van der Waals surface area contributed by atoms with Gasteiger partial charge in [0, 0.05) is 6.42 Å². The molecule has 0 fully saturated rings. The molecule has 2 N–H and O–H groups in total. The van der Waals surface area contributed by atoms with Crippen molar-refractivity contribution in [2.24, 2.45) is 0 Å². The lowest BCUT2D eigenvalue weighted by molar-refractivity contribution is -1.07. The number of phosphoric ester groups is 1. The lowest BCUT2D eigenvalue weighted by Gasteiger charge is -2.24. The van der Waals surface area contributed by atoms with E-state index in [1.807, 2.05) is 27.9 Å². The van der Waals surface area contributed by atoms with Gasteiger partial charge in [-0.15, -0.1) is 0 Å². The van der Waals surface area contributed by atoms with E-state index in [4.69, 9.17) is 14.6 Å². The molecule has 0 atom stereocenters. The summed E-state index contributed by atoms with van der Waals surface area (Å²) < 4.78 is 15.0. The molecule has 0 saturated carbocycles. The molecule has 0 heterocycles. The van der Waals surface area contributed by atoms with Gasteiger partial charge in [-0.2, -0.15) is 4.65 Å². The Bertz CT molecular complexity index is 204. The molecule has 6 nitrogen and oxygen atoms in total. The van der Waals surface area contributed by atoms with Gasteiger partial charge in [0.1, 0.15) is 6.54 Å².